The van der Waals surface area contributed by atoms with Crippen LogP contribution < -0.4 is 5.32 Å². The maximum atomic E-state index is 6.11. The van der Waals surface area contributed by atoms with Crippen LogP contribution in [0.5, 0.6) is 0 Å². The molecule has 3 heteroatoms. The maximum Gasteiger partial charge on any atom is 0.0543 e. The molecule has 0 aliphatic heterocycles. The fraction of sp³-hybridized carbons (Fsp3) is 0.571. The van der Waals surface area contributed by atoms with Crippen molar-refractivity contribution in [1.82, 2.24) is 10.2 Å². The number of halogens is 1. The molecule has 0 aromatic heterocycles. The fourth-order valence-electron chi connectivity index (χ4n) is 1.79. The Morgan fingerprint density at radius 1 is 1.24 bits per heavy atom. The first-order chi connectivity index (χ1) is 8.08. The van der Waals surface area contributed by atoms with Crippen molar-refractivity contribution in [2.24, 2.45) is 0 Å². The molecule has 1 N–H and O–H groups in total. The second kappa shape index (κ2) is 7.00. The summed E-state index contributed by atoms with van der Waals surface area (Å²) in [4.78, 5) is 2.20. The zero-order valence-electron chi connectivity index (χ0n) is 11.0. The molecule has 0 heterocycles. The summed E-state index contributed by atoms with van der Waals surface area (Å²) in [5.41, 5.74) is 1.12. The van der Waals surface area contributed by atoms with Gasteiger partial charge in [0.2, 0.25) is 0 Å². The second-order valence-corrected chi connectivity index (χ2v) is 5.18. The predicted octanol–water partition coefficient (Wildman–Crippen LogP) is 2.68. The lowest BCUT2D eigenvalue weighted by Gasteiger charge is -2.29. The largest absolute Gasteiger partial charge is 0.309 e. The molecular weight excluding hydrogens is 232 g/mol. The third kappa shape index (κ3) is 4.66. The molecule has 0 fully saturated rings. The zero-order valence-corrected chi connectivity index (χ0v) is 11.8. The molecule has 0 radical (unpaired) electrons. The first kappa shape index (κ1) is 14.5. The van der Waals surface area contributed by atoms with Crippen LogP contribution in [0.4, 0.5) is 0 Å². The normalized spacial score (nSPS) is 14.9. The molecule has 2 nitrogen and oxygen atoms in total. The van der Waals surface area contributed by atoms with Gasteiger partial charge in [-0.25, -0.2) is 0 Å². The summed E-state index contributed by atoms with van der Waals surface area (Å²) in [6.45, 7) is 4.24. The van der Waals surface area contributed by atoms with Crippen molar-refractivity contribution < 1.29 is 0 Å². The summed E-state index contributed by atoms with van der Waals surface area (Å²) in [6, 6.07) is 10.4. The average molecular weight is 255 g/mol. The Hall–Kier alpha value is -0.570. The molecule has 17 heavy (non-hydrogen) atoms. The van der Waals surface area contributed by atoms with E-state index in [1.165, 1.54) is 5.56 Å². The van der Waals surface area contributed by atoms with E-state index in [2.05, 4.69) is 55.5 Å². The van der Waals surface area contributed by atoms with Crippen molar-refractivity contribution in [3.05, 3.63) is 35.9 Å². The molecule has 0 aliphatic carbocycles. The lowest BCUT2D eigenvalue weighted by Crippen LogP contribution is -2.42. The smallest absolute Gasteiger partial charge is 0.0543 e. The highest BCUT2D eigenvalue weighted by Crippen LogP contribution is 2.21. The molecule has 0 spiro atoms. The van der Waals surface area contributed by atoms with E-state index in [1.54, 1.807) is 0 Å². The molecule has 0 aliphatic rings. The molecule has 96 valence electrons. The first-order valence-corrected chi connectivity index (χ1v) is 6.63. The quantitative estimate of drug-likeness (QED) is 0.595. The Bertz CT molecular complexity index is 313. The van der Waals surface area contributed by atoms with Crippen LogP contribution in [-0.2, 0) is 5.54 Å². The van der Waals surface area contributed by atoms with Gasteiger partial charge in [0.1, 0.15) is 0 Å². The molecular formula is C14H23ClN2. The molecule has 1 atom stereocenters. The number of rotatable bonds is 7. The highest BCUT2D eigenvalue weighted by molar-refractivity contribution is 6.18. The van der Waals surface area contributed by atoms with Crippen molar-refractivity contribution in [3.63, 3.8) is 0 Å². The number of nitrogens with one attached hydrogen (secondary N) is 1. The first-order valence-electron chi connectivity index (χ1n) is 6.10. The summed E-state index contributed by atoms with van der Waals surface area (Å²) in [7, 11) is 4.19. The number of nitrogens with zero attached hydrogens (tertiary/aromatic N) is 1. The topological polar surface area (TPSA) is 15.3 Å². The van der Waals surface area contributed by atoms with Crippen LogP contribution >= 0.6 is 11.6 Å². The zero-order chi connectivity index (χ0) is 12.7. The van der Waals surface area contributed by atoms with Gasteiger partial charge in [0.15, 0.2) is 0 Å². The van der Waals surface area contributed by atoms with E-state index in [9.17, 15) is 0 Å². The molecule has 0 bridgehead atoms. The van der Waals surface area contributed by atoms with Gasteiger partial charge in [-0.2, -0.15) is 0 Å². The Labute approximate surface area is 110 Å². The van der Waals surface area contributed by atoms with E-state index >= 15 is 0 Å². The summed E-state index contributed by atoms with van der Waals surface area (Å²) >= 11 is 6.11. The van der Waals surface area contributed by atoms with Gasteiger partial charge in [-0.05, 0) is 46.1 Å². The van der Waals surface area contributed by atoms with Gasteiger partial charge in [0.05, 0.1) is 5.54 Å². The SMILES string of the molecule is CN(C)CCCNC(C)(CCl)c1ccccc1. The standard InChI is InChI=1S/C14H23ClN2/c1-14(12-15,13-8-5-4-6-9-13)16-10-7-11-17(2)3/h4-6,8-9,16H,7,10-12H2,1-3H3. The average Bonchev–Trinajstić information content (AvgIpc) is 2.35. The number of hydrogen-bond donors (Lipinski definition) is 1. The van der Waals surface area contributed by atoms with Crippen molar-refractivity contribution in [2.45, 2.75) is 18.9 Å². The van der Waals surface area contributed by atoms with E-state index in [0.29, 0.717) is 5.88 Å². The van der Waals surface area contributed by atoms with Crippen LogP contribution in [-0.4, -0.2) is 38.0 Å². The lowest BCUT2D eigenvalue weighted by atomic mass is 9.94. The molecule has 1 aromatic carbocycles. The number of benzene rings is 1. The Kier molecular flexibility index (Phi) is 5.96. The molecule has 0 amide bonds. The van der Waals surface area contributed by atoms with E-state index < -0.39 is 0 Å². The third-order valence-electron chi connectivity index (χ3n) is 2.98. The van der Waals surface area contributed by atoms with Crippen LogP contribution in [0.15, 0.2) is 30.3 Å². The highest BCUT2D eigenvalue weighted by Gasteiger charge is 2.24. The molecule has 1 aromatic rings. The van der Waals surface area contributed by atoms with Crippen molar-refractivity contribution in [3.8, 4) is 0 Å². The van der Waals surface area contributed by atoms with E-state index in [0.717, 1.165) is 19.5 Å². The maximum absolute atomic E-state index is 6.11. The van der Waals surface area contributed by atoms with Gasteiger partial charge in [-0.15, -0.1) is 11.6 Å². The summed E-state index contributed by atoms with van der Waals surface area (Å²) in [5.74, 6) is 0.582. The van der Waals surface area contributed by atoms with Crippen molar-refractivity contribution in [2.75, 3.05) is 33.1 Å². The monoisotopic (exact) mass is 254 g/mol. The van der Waals surface area contributed by atoms with Crippen LogP contribution in [0.1, 0.15) is 18.9 Å². The predicted molar refractivity (Wildman–Crippen MR) is 75.7 cm³/mol. The minimum absolute atomic E-state index is 0.130. The van der Waals surface area contributed by atoms with E-state index in [1.807, 2.05) is 6.07 Å². The lowest BCUT2D eigenvalue weighted by molar-refractivity contribution is 0.359. The third-order valence-corrected chi connectivity index (χ3v) is 3.51. The Morgan fingerprint density at radius 2 is 1.88 bits per heavy atom. The van der Waals surface area contributed by atoms with Gasteiger partial charge in [-0.1, -0.05) is 30.3 Å². The number of hydrogen-bond acceptors (Lipinski definition) is 2. The summed E-state index contributed by atoms with van der Waals surface area (Å²) in [5, 5.41) is 3.56. The summed E-state index contributed by atoms with van der Waals surface area (Å²) in [6.07, 6.45) is 1.13. The van der Waals surface area contributed by atoms with Crippen LogP contribution in [0.3, 0.4) is 0 Å². The number of alkyl halides is 1. The molecule has 0 saturated carbocycles. The Balaban J connectivity index is 2.52. The van der Waals surface area contributed by atoms with Crippen molar-refractivity contribution in [1.29, 1.82) is 0 Å². The van der Waals surface area contributed by atoms with E-state index in [4.69, 9.17) is 11.6 Å². The van der Waals surface area contributed by atoms with Gasteiger partial charge < -0.3 is 10.2 Å². The molecule has 1 unspecified atom stereocenters. The van der Waals surface area contributed by atoms with Gasteiger partial charge in [0, 0.05) is 5.88 Å². The highest BCUT2D eigenvalue weighted by atomic mass is 35.5. The van der Waals surface area contributed by atoms with Gasteiger partial charge >= 0.3 is 0 Å². The summed E-state index contributed by atoms with van der Waals surface area (Å²) < 4.78 is 0. The van der Waals surface area contributed by atoms with Gasteiger partial charge in [-0.3, -0.25) is 0 Å². The second-order valence-electron chi connectivity index (χ2n) is 4.92. The van der Waals surface area contributed by atoms with Gasteiger partial charge in [0.25, 0.3) is 0 Å². The molecule has 1 rings (SSSR count). The minimum atomic E-state index is -0.130. The van der Waals surface area contributed by atoms with Crippen LogP contribution in [0, 0.1) is 0 Å². The minimum Gasteiger partial charge on any atom is -0.309 e. The van der Waals surface area contributed by atoms with Crippen LogP contribution in [0.2, 0.25) is 0 Å². The Morgan fingerprint density at radius 3 is 2.41 bits per heavy atom. The van der Waals surface area contributed by atoms with Crippen molar-refractivity contribution >= 4 is 11.6 Å². The van der Waals surface area contributed by atoms with E-state index in [-0.39, 0.29) is 5.54 Å². The fourth-order valence-corrected chi connectivity index (χ4v) is 2.04. The molecule has 0 saturated heterocycles. The van der Waals surface area contributed by atoms with Crippen LogP contribution in [0.25, 0.3) is 0 Å².